The van der Waals surface area contributed by atoms with Crippen molar-refractivity contribution in [3.8, 4) is 0 Å². The van der Waals surface area contributed by atoms with E-state index in [0.29, 0.717) is 5.92 Å². The van der Waals surface area contributed by atoms with E-state index in [1.807, 2.05) is 7.05 Å². The second-order valence-corrected chi connectivity index (χ2v) is 6.62. The highest BCUT2D eigenvalue weighted by atomic mass is 32.2. The van der Waals surface area contributed by atoms with Gasteiger partial charge in [0.15, 0.2) is 4.34 Å². The Hall–Kier alpha value is -0.170. The molecule has 2 rings (SSSR count). The summed E-state index contributed by atoms with van der Waals surface area (Å²) in [7, 11) is 1.96. The number of rotatable bonds is 6. The van der Waals surface area contributed by atoms with E-state index in [1.165, 1.54) is 24.4 Å². The third-order valence-corrected chi connectivity index (χ3v) is 5.60. The minimum absolute atomic E-state index is 0.0400. The lowest BCUT2D eigenvalue weighted by Gasteiger charge is -2.33. The second-order valence-electron chi connectivity index (χ2n) is 4.50. The molecule has 4 nitrogen and oxygen atoms in total. The summed E-state index contributed by atoms with van der Waals surface area (Å²) < 4.78 is 5.03. The summed E-state index contributed by atoms with van der Waals surface area (Å²) in [4.78, 5) is 4.16. The Kier molecular flexibility index (Phi) is 4.78. The van der Waals surface area contributed by atoms with Gasteiger partial charge in [-0.3, -0.25) is 0 Å². The molecule has 2 unspecified atom stereocenters. The van der Waals surface area contributed by atoms with Crippen LogP contribution in [0.4, 0.5) is 0 Å². The number of aliphatic hydroxyl groups excluding tert-OH is 1. The molecule has 0 bridgehead atoms. The lowest BCUT2D eigenvalue weighted by atomic mass is 9.86. The molecule has 1 aliphatic rings. The molecule has 1 aliphatic carbocycles. The molecule has 1 saturated carbocycles. The monoisotopic (exact) mass is 273 g/mol. The predicted octanol–water partition coefficient (Wildman–Crippen LogP) is 1.77. The summed E-state index contributed by atoms with van der Waals surface area (Å²) in [5, 5.41) is 12.9. The Morgan fingerprint density at radius 2 is 2.59 bits per heavy atom. The number of aliphatic hydroxyl groups is 1. The fraction of sp³-hybridized carbons (Fsp3) is 0.818. The number of likely N-dealkylation sites (N-methyl/N-ethyl adjacent to an activating group) is 1. The van der Waals surface area contributed by atoms with Crippen LogP contribution in [0.2, 0.25) is 0 Å². The van der Waals surface area contributed by atoms with Gasteiger partial charge in [-0.1, -0.05) is 18.2 Å². The maximum Gasteiger partial charge on any atom is 0.169 e. The van der Waals surface area contributed by atoms with Crippen molar-refractivity contribution in [2.24, 2.45) is 5.92 Å². The van der Waals surface area contributed by atoms with Gasteiger partial charge < -0.3 is 10.4 Å². The van der Waals surface area contributed by atoms with Crippen LogP contribution in [0.3, 0.4) is 0 Å². The molecule has 0 radical (unpaired) electrons. The first-order valence-electron chi connectivity index (χ1n) is 6.00. The van der Waals surface area contributed by atoms with E-state index in [1.54, 1.807) is 18.1 Å². The largest absolute Gasteiger partial charge is 0.394 e. The number of nitrogens with zero attached hydrogens (tertiary/aromatic N) is 2. The van der Waals surface area contributed by atoms with Crippen LogP contribution in [-0.2, 0) is 0 Å². The van der Waals surface area contributed by atoms with Gasteiger partial charge in [0, 0.05) is 11.3 Å². The zero-order valence-corrected chi connectivity index (χ0v) is 11.7. The maximum atomic E-state index is 9.58. The van der Waals surface area contributed by atoms with Crippen molar-refractivity contribution in [1.29, 1.82) is 0 Å². The van der Waals surface area contributed by atoms with E-state index in [-0.39, 0.29) is 12.1 Å². The first-order chi connectivity index (χ1) is 8.30. The molecular formula is C11H19N3OS2. The van der Waals surface area contributed by atoms with Gasteiger partial charge in [-0.05, 0) is 43.8 Å². The molecule has 0 aliphatic heterocycles. The Morgan fingerprint density at radius 1 is 1.71 bits per heavy atom. The highest BCUT2D eigenvalue weighted by molar-refractivity contribution is 8.00. The van der Waals surface area contributed by atoms with Crippen molar-refractivity contribution < 1.29 is 5.11 Å². The normalized spacial score (nSPS) is 28.7. The number of hydrogen-bond donors (Lipinski definition) is 2. The van der Waals surface area contributed by atoms with Crippen LogP contribution in [0.5, 0.6) is 0 Å². The molecule has 1 aromatic rings. The number of nitrogens with one attached hydrogen (secondary N) is 1. The first kappa shape index (κ1) is 13.3. The molecule has 2 atom stereocenters. The summed E-state index contributed by atoms with van der Waals surface area (Å²) in [6, 6.07) is 0. The standard InChI is InChI=1S/C11H19N3OS2/c1-12-11(7-15)5-2-3-9(11)4-6-16-10-13-8-14-17-10/h8-9,12,15H,2-7H2,1H3. The SMILES string of the molecule is CNC1(CO)CCCC1CCSc1ncns1. The smallest absolute Gasteiger partial charge is 0.169 e. The third kappa shape index (κ3) is 2.99. The van der Waals surface area contributed by atoms with Crippen LogP contribution in [0.15, 0.2) is 10.7 Å². The number of aromatic nitrogens is 2. The lowest BCUT2D eigenvalue weighted by Crippen LogP contribution is -2.49. The van der Waals surface area contributed by atoms with Gasteiger partial charge >= 0.3 is 0 Å². The minimum Gasteiger partial charge on any atom is -0.394 e. The van der Waals surface area contributed by atoms with Crippen molar-refractivity contribution in [3.63, 3.8) is 0 Å². The summed E-state index contributed by atoms with van der Waals surface area (Å²) in [5.41, 5.74) is -0.0400. The third-order valence-electron chi connectivity index (χ3n) is 3.77. The van der Waals surface area contributed by atoms with E-state index < -0.39 is 0 Å². The Bertz CT molecular complexity index is 327. The molecule has 17 heavy (non-hydrogen) atoms. The van der Waals surface area contributed by atoms with Crippen LogP contribution in [0.25, 0.3) is 0 Å². The van der Waals surface area contributed by atoms with E-state index in [0.717, 1.165) is 22.9 Å². The van der Waals surface area contributed by atoms with Crippen LogP contribution >= 0.6 is 23.3 Å². The summed E-state index contributed by atoms with van der Waals surface area (Å²) in [6.45, 7) is 0.248. The van der Waals surface area contributed by atoms with Gasteiger partial charge in [0.2, 0.25) is 0 Å². The van der Waals surface area contributed by atoms with Crippen molar-refractivity contribution in [3.05, 3.63) is 6.33 Å². The molecular weight excluding hydrogens is 254 g/mol. The van der Waals surface area contributed by atoms with Crippen LogP contribution in [-0.4, -0.2) is 39.4 Å². The highest BCUT2D eigenvalue weighted by Gasteiger charge is 2.40. The van der Waals surface area contributed by atoms with Crippen LogP contribution in [0, 0.1) is 5.92 Å². The number of thioether (sulfide) groups is 1. The summed E-state index contributed by atoms with van der Waals surface area (Å²) >= 11 is 3.22. The zero-order chi connectivity index (χ0) is 12.1. The van der Waals surface area contributed by atoms with Crippen LogP contribution in [0.1, 0.15) is 25.7 Å². The molecule has 2 N–H and O–H groups in total. The quantitative estimate of drug-likeness (QED) is 0.774. The molecule has 1 fully saturated rings. The van der Waals surface area contributed by atoms with E-state index in [4.69, 9.17) is 0 Å². The molecule has 6 heteroatoms. The fourth-order valence-corrected chi connectivity index (χ4v) is 4.26. The summed E-state index contributed by atoms with van der Waals surface area (Å²) in [5.74, 6) is 1.64. The second kappa shape index (κ2) is 6.13. The Morgan fingerprint density at radius 3 is 3.24 bits per heavy atom. The van der Waals surface area contributed by atoms with Crippen molar-refractivity contribution in [1.82, 2.24) is 14.7 Å². The zero-order valence-electron chi connectivity index (χ0n) is 10.1. The fourth-order valence-electron chi connectivity index (χ4n) is 2.70. The van der Waals surface area contributed by atoms with Crippen LogP contribution < -0.4 is 5.32 Å². The van der Waals surface area contributed by atoms with E-state index >= 15 is 0 Å². The van der Waals surface area contributed by atoms with Gasteiger partial charge in [-0.2, -0.15) is 4.37 Å². The molecule has 0 spiro atoms. The van der Waals surface area contributed by atoms with Gasteiger partial charge in [0.25, 0.3) is 0 Å². The molecule has 1 aromatic heterocycles. The molecule has 0 aromatic carbocycles. The Labute approximate surface area is 110 Å². The maximum absolute atomic E-state index is 9.58. The molecule has 0 amide bonds. The van der Waals surface area contributed by atoms with Crippen molar-refractivity contribution >= 4 is 23.3 Å². The molecule has 0 saturated heterocycles. The minimum atomic E-state index is -0.0400. The Balaban J connectivity index is 1.82. The van der Waals surface area contributed by atoms with Crippen molar-refractivity contribution in [2.75, 3.05) is 19.4 Å². The lowest BCUT2D eigenvalue weighted by molar-refractivity contribution is 0.130. The van der Waals surface area contributed by atoms with Gasteiger partial charge in [0.05, 0.1) is 6.61 Å². The number of hydrogen-bond acceptors (Lipinski definition) is 6. The first-order valence-corrected chi connectivity index (χ1v) is 7.76. The molecule has 1 heterocycles. The van der Waals surface area contributed by atoms with Crippen molar-refractivity contribution in [2.45, 2.75) is 35.6 Å². The highest BCUT2D eigenvalue weighted by Crippen LogP contribution is 2.38. The van der Waals surface area contributed by atoms with Gasteiger partial charge in [-0.15, -0.1) is 0 Å². The van der Waals surface area contributed by atoms with Gasteiger partial charge in [-0.25, -0.2) is 4.98 Å². The average molecular weight is 273 g/mol. The predicted molar refractivity (Wildman–Crippen MR) is 71.5 cm³/mol. The van der Waals surface area contributed by atoms with Gasteiger partial charge in [0.1, 0.15) is 6.33 Å². The average Bonchev–Trinajstić information content (AvgIpc) is 2.99. The van der Waals surface area contributed by atoms with E-state index in [9.17, 15) is 5.11 Å². The topological polar surface area (TPSA) is 58.0 Å². The summed E-state index contributed by atoms with van der Waals surface area (Å²) in [6.07, 6.45) is 6.27. The molecule has 96 valence electrons. The van der Waals surface area contributed by atoms with E-state index in [2.05, 4.69) is 14.7 Å².